The second-order valence-electron chi connectivity index (χ2n) is 9.09. The lowest BCUT2D eigenvalue weighted by atomic mass is 9.97. The largest absolute Gasteiger partial charge is 0.481 e. The molecule has 2 aromatic heterocycles. The molecule has 2 aromatic carbocycles. The summed E-state index contributed by atoms with van der Waals surface area (Å²) in [5.74, 6) is 0.484. The highest BCUT2D eigenvalue weighted by atomic mass is 35.5. The van der Waals surface area contributed by atoms with Crippen LogP contribution in [-0.4, -0.2) is 53.6 Å². The molecule has 0 aliphatic carbocycles. The van der Waals surface area contributed by atoms with Crippen molar-refractivity contribution in [2.45, 2.75) is 20.0 Å². The molecule has 4 rings (SSSR count). The molecule has 4 N–H and O–H groups in total. The molecule has 7 nitrogen and oxygen atoms in total. The summed E-state index contributed by atoms with van der Waals surface area (Å²) in [6.07, 6.45) is 0. The minimum absolute atomic E-state index is 0.0478. The topological polar surface area (TPSA) is 99.5 Å². The molecule has 0 fully saturated rings. The molecule has 210 valence electrons. The minimum Gasteiger partial charge on any atom is -0.481 e. The molecule has 0 saturated heterocycles. The molecule has 0 radical (unpaired) electrons. The van der Waals surface area contributed by atoms with Crippen molar-refractivity contribution in [2.75, 3.05) is 33.4 Å². The van der Waals surface area contributed by atoms with Crippen LogP contribution in [0.5, 0.6) is 5.88 Å². The average molecular weight is 602 g/mol. The Bertz CT molecular complexity index is 1460. The van der Waals surface area contributed by atoms with E-state index in [9.17, 15) is 0 Å². The van der Waals surface area contributed by atoms with Gasteiger partial charge in [0, 0.05) is 59.6 Å². The number of halogens is 3. The van der Waals surface area contributed by atoms with Gasteiger partial charge in [-0.3, -0.25) is 0 Å². The summed E-state index contributed by atoms with van der Waals surface area (Å²) in [6, 6.07) is 17.3. The van der Waals surface area contributed by atoms with Gasteiger partial charge in [-0.2, -0.15) is 0 Å². The zero-order chi connectivity index (χ0) is 28.6. The van der Waals surface area contributed by atoms with Gasteiger partial charge in [0.15, 0.2) is 0 Å². The van der Waals surface area contributed by atoms with E-state index in [-0.39, 0.29) is 13.2 Å². The average Bonchev–Trinajstić information content (AvgIpc) is 2.95. The van der Waals surface area contributed by atoms with Crippen LogP contribution in [0.4, 0.5) is 0 Å². The SMILES string of the molecule is COc1nc(-c2cccc(-c3cccc(-c4cc(C)c(CNCCO)c(Cl)n4)c3Cl)c2Cl)ccc1CNCCO. The number of nitrogens with zero attached hydrogens (tertiary/aromatic N) is 2. The van der Waals surface area contributed by atoms with Crippen LogP contribution in [0.2, 0.25) is 15.2 Å². The lowest BCUT2D eigenvalue weighted by Gasteiger charge is -2.16. The molecular weight excluding hydrogens is 571 g/mol. The number of aliphatic hydroxyl groups is 2. The van der Waals surface area contributed by atoms with Gasteiger partial charge in [-0.15, -0.1) is 0 Å². The summed E-state index contributed by atoms with van der Waals surface area (Å²) in [6.45, 7) is 4.05. The van der Waals surface area contributed by atoms with Crippen molar-refractivity contribution in [2.24, 2.45) is 0 Å². The van der Waals surface area contributed by atoms with Crippen LogP contribution >= 0.6 is 34.8 Å². The third-order valence-electron chi connectivity index (χ3n) is 6.46. The van der Waals surface area contributed by atoms with Gasteiger partial charge in [0.2, 0.25) is 5.88 Å². The molecular formula is C30H31Cl3N4O3. The van der Waals surface area contributed by atoms with Gasteiger partial charge in [-0.1, -0.05) is 77.3 Å². The molecule has 0 aliphatic heterocycles. The maximum Gasteiger partial charge on any atom is 0.218 e. The molecule has 0 aliphatic rings. The van der Waals surface area contributed by atoms with Crippen LogP contribution < -0.4 is 15.4 Å². The number of benzene rings is 2. The van der Waals surface area contributed by atoms with Crippen LogP contribution in [-0.2, 0) is 13.1 Å². The van der Waals surface area contributed by atoms with E-state index in [1.54, 1.807) is 7.11 Å². The van der Waals surface area contributed by atoms with Gasteiger partial charge < -0.3 is 25.6 Å². The summed E-state index contributed by atoms with van der Waals surface area (Å²) >= 11 is 20.5. The number of methoxy groups -OCH3 is 1. The molecule has 40 heavy (non-hydrogen) atoms. The third kappa shape index (κ3) is 6.75. The van der Waals surface area contributed by atoms with Crippen molar-refractivity contribution < 1.29 is 14.9 Å². The van der Waals surface area contributed by atoms with Gasteiger partial charge in [0.1, 0.15) is 5.15 Å². The Balaban J connectivity index is 1.70. The number of pyridine rings is 2. The van der Waals surface area contributed by atoms with E-state index in [0.29, 0.717) is 58.6 Å². The zero-order valence-electron chi connectivity index (χ0n) is 22.3. The van der Waals surface area contributed by atoms with Crippen molar-refractivity contribution in [3.05, 3.63) is 86.5 Å². The summed E-state index contributed by atoms with van der Waals surface area (Å²) < 4.78 is 5.52. The Morgan fingerprint density at radius 3 is 1.90 bits per heavy atom. The number of aryl methyl sites for hydroxylation is 1. The van der Waals surface area contributed by atoms with Crippen LogP contribution in [0.3, 0.4) is 0 Å². The van der Waals surface area contributed by atoms with E-state index in [1.165, 1.54) is 0 Å². The van der Waals surface area contributed by atoms with Crippen LogP contribution in [0, 0.1) is 6.92 Å². The van der Waals surface area contributed by atoms with E-state index in [2.05, 4.69) is 15.6 Å². The molecule has 2 heterocycles. The third-order valence-corrected chi connectivity index (χ3v) is 7.59. The monoisotopic (exact) mass is 600 g/mol. The van der Waals surface area contributed by atoms with Crippen molar-refractivity contribution in [3.63, 3.8) is 0 Å². The molecule has 0 unspecified atom stereocenters. The highest BCUT2D eigenvalue weighted by molar-refractivity contribution is 6.39. The van der Waals surface area contributed by atoms with E-state index in [0.717, 1.165) is 38.9 Å². The molecule has 0 spiro atoms. The number of ether oxygens (including phenoxy) is 1. The predicted octanol–water partition coefficient (Wildman–Crippen LogP) is 5.92. The summed E-state index contributed by atoms with van der Waals surface area (Å²) in [5, 5.41) is 25.8. The fourth-order valence-corrected chi connectivity index (χ4v) is 5.37. The Morgan fingerprint density at radius 2 is 1.32 bits per heavy atom. The number of aliphatic hydroxyl groups excluding tert-OH is 2. The van der Waals surface area contributed by atoms with Crippen molar-refractivity contribution in [1.29, 1.82) is 0 Å². The van der Waals surface area contributed by atoms with Crippen molar-refractivity contribution >= 4 is 34.8 Å². The highest BCUT2D eigenvalue weighted by Gasteiger charge is 2.18. The number of rotatable bonds is 12. The van der Waals surface area contributed by atoms with Crippen LogP contribution in [0.1, 0.15) is 16.7 Å². The number of hydrogen-bond donors (Lipinski definition) is 4. The smallest absolute Gasteiger partial charge is 0.218 e. The van der Waals surface area contributed by atoms with Gasteiger partial charge in [-0.25, -0.2) is 9.97 Å². The molecule has 0 saturated carbocycles. The van der Waals surface area contributed by atoms with E-state index in [4.69, 9.17) is 54.7 Å². The van der Waals surface area contributed by atoms with Crippen LogP contribution in [0.25, 0.3) is 33.6 Å². The first-order chi connectivity index (χ1) is 19.4. The molecule has 10 heteroatoms. The quantitative estimate of drug-likeness (QED) is 0.118. The Kier molecular flexibility index (Phi) is 10.8. The number of hydrogen-bond acceptors (Lipinski definition) is 7. The van der Waals surface area contributed by atoms with Crippen molar-refractivity contribution in [1.82, 2.24) is 20.6 Å². The Morgan fingerprint density at radius 1 is 0.750 bits per heavy atom. The normalized spacial score (nSPS) is 11.2. The number of nitrogens with one attached hydrogen (secondary N) is 2. The summed E-state index contributed by atoms with van der Waals surface area (Å²) in [5.41, 5.74) is 7.03. The Labute approximate surface area is 249 Å². The molecule has 0 bridgehead atoms. The zero-order valence-corrected chi connectivity index (χ0v) is 24.5. The first-order valence-electron chi connectivity index (χ1n) is 12.8. The first kappa shape index (κ1) is 30.2. The van der Waals surface area contributed by atoms with Gasteiger partial charge in [-0.05, 0) is 24.6 Å². The van der Waals surface area contributed by atoms with Crippen LogP contribution in [0.15, 0.2) is 54.6 Å². The summed E-state index contributed by atoms with van der Waals surface area (Å²) in [4.78, 5) is 9.31. The van der Waals surface area contributed by atoms with Gasteiger partial charge in [0.25, 0.3) is 0 Å². The Hall–Kier alpha value is -2.75. The van der Waals surface area contributed by atoms with Gasteiger partial charge >= 0.3 is 0 Å². The maximum atomic E-state index is 9.04. The fraction of sp³-hybridized carbons (Fsp3) is 0.267. The first-order valence-corrected chi connectivity index (χ1v) is 13.9. The fourth-order valence-electron chi connectivity index (χ4n) is 4.41. The van der Waals surface area contributed by atoms with Gasteiger partial charge in [0.05, 0.1) is 41.8 Å². The second kappa shape index (κ2) is 14.2. The molecule has 0 amide bonds. The lowest BCUT2D eigenvalue weighted by Crippen LogP contribution is -2.18. The molecule has 0 atom stereocenters. The van der Waals surface area contributed by atoms with E-state index >= 15 is 0 Å². The maximum absolute atomic E-state index is 9.04. The standard InChI is InChI=1S/C30H31Cl3N4O3/c1-18-15-26(36-29(33)24(18)17-35-12-14-39)23-8-4-6-21(28(23)32)20-5-3-7-22(27(20)31)25-10-9-19(16-34-11-13-38)30(37-25)40-2/h3-10,15,34-35,38-39H,11-14,16-17H2,1-2H3. The number of aromatic nitrogens is 2. The predicted molar refractivity (Wildman–Crippen MR) is 162 cm³/mol. The second-order valence-corrected chi connectivity index (χ2v) is 10.2. The summed E-state index contributed by atoms with van der Waals surface area (Å²) in [7, 11) is 1.57. The van der Waals surface area contributed by atoms with E-state index in [1.807, 2.05) is 61.5 Å². The van der Waals surface area contributed by atoms with Crippen molar-refractivity contribution in [3.8, 4) is 39.5 Å². The van der Waals surface area contributed by atoms with E-state index < -0.39 is 0 Å². The highest BCUT2D eigenvalue weighted by Crippen LogP contribution is 2.42. The minimum atomic E-state index is 0.0478. The lowest BCUT2D eigenvalue weighted by molar-refractivity contribution is 0.291. The molecule has 4 aromatic rings.